The van der Waals surface area contributed by atoms with Gasteiger partial charge in [-0.1, -0.05) is 30.3 Å². The molecule has 0 bridgehead atoms. The van der Waals surface area contributed by atoms with Crippen LogP contribution in [-0.4, -0.2) is 31.6 Å². The van der Waals surface area contributed by atoms with Gasteiger partial charge in [0.25, 0.3) is 0 Å². The Bertz CT molecular complexity index is 1370. The van der Waals surface area contributed by atoms with Gasteiger partial charge >= 0.3 is 5.69 Å². The molecule has 0 aliphatic carbocycles. The average Bonchev–Trinajstić information content (AvgIpc) is 3.08. The fourth-order valence-electron chi connectivity index (χ4n) is 4.32. The number of rotatable bonds is 4. The number of carbonyl (C=O) groups excluding carboxylic acids is 1. The highest BCUT2D eigenvalue weighted by molar-refractivity contribution is 5.90. The Morgan fingerprint density at radius 3 is 2.62 bits per heavy atom. The van der Waals surface area contributed by atoms with Crippen LogP contribution in [-0.2, 0) is 24.3 Å². The lowest BCUT2D eigenvalue weighted by Gasteiger charge is -2.29. The smallest absolute Gasteiger partial charge is 0.349 e. The summed E-state index contributed by atoms with van der Waals surface area (Å²) in [5.74, 6) is 0.342. The van der Waals surface area contributed by atoms with Gasteiger partial charge in [-0.25, -0.2) is 18.9 Å². The van der Waals surface area contributed by atoms with Crippen molar-refractivity contribution >= 4 is 23.1 Å². The molecule has 1 amide bonds. The minimum absolute atomic E-state index is 0.171. The fourth-order valence-corrected chi connectivity index (χ4v) is 4.32. The second-order valence-electron chi connectivity index (χ2n) is 8.25. The number of aromatic nitrogens is 4. The first-order valence-electron chi connectivity index (χ1n) is 10.6. The molecule has 1 aliphatic heterocycles. The van der Waals surface area contributed by atoms with Crippen molar-refractivity contribution in [1.29, 1.82) is 0 Å². The number of hydrogen-bond donors (Lipinski definition) is 1. The molecule has 8 nitrogen and oxygen atoms in total. The van der Waals surface area contributed by atoms with E-state index >= 15 is 0 Å². The van der Waals surface area contributed by atoms with Crippen molar-refractivity contribution in [2.75, 3.05) is 16.8 Å². The Morgan fingerprint density at radius 1 is 1.09 bits per heavy atom. The molecule has 1 aliphatic rings. The fraction of sp³-hybridized carbons (Fsp3) is 0.250. The largest absolute Gasteiger partial charge is 0.350 e. The number of amides is 1. The van der Waals surface area contributed by atoms with Crippen LogP contribution in [0, 0.1) is 13.8 Å². The molecule has 4 aromatic rings. The molecule has 0 atom stereocenters. The van der Waals surface area contributed by atoms with E-state index in [1.807, 2.05) is 38.1 Å². The summed E-state index contributed by atoms with van der Waals surface area (Å²) in [6.07, 6.45) is 4.10. The number of carbonyl (C=O) groups is 1. The number of aryl methyl sites for hydroxylation is 2. The van der Waals surface area contributed by atoms with Gasteiger partial charge in [0.1, 0.15) is 6.54 Å². The van der Waals surface area contributed by atoms with Gasteiger partial charge in [-0.15, -0.1) is 5.10 Å². The van der Waals surface area contributed by atoms with Crippen molar-refractivity contribution < 1.29 is 4.79 Å². The Balaban J connectivity index is 1.42. The molecule has 0 fully saturated rings. The zero-order valence-corrected chi connectivity index (χ0v) is 18.1. The van der Waals surface area contributed by atoms with Gasteiger partial charge < -0.3 is 10.2 Å². The topological polar surface area (TPSA) is 84.5 Å². The summed E-state index contributed by atoms with van der Waals surface area (Å²) in [4.78, 5) is 32.1. The molecular formula is C24H24N6O2. The van der Waals surface area contributed by atoms with Gasteiger partial charge in [0, 0.05) is 31.2 Å². The molecule has 32 heavy (non-hydrogen) atoms. The quantitative estimate of drug-likeness (QED) is 0.540. The van der Waals surface area contributed by atoms with Crippen molar-refractivity contribution in [1.82, 2.24) is 19.2 Å². The molecule has 0 saturated heterocycles. The van der Waals surface area contributed by atoms with Crippen LogP contribution in [0.15, 0.2) is 59.7 Å². The van der Waals surface area contributed by atoms with Crippen molar-refractivity contribution in [2.45, 2.75) is 33.4 Å². The van der Waals surface area contributed by atoms with Crippen LogP contribution < -0.4 is 15.9 Å². The van der Waals surface area contributed by atoms with Crippen LogP contribution >= 0.6 is 0 Å². The van der Waals surface area contributed by atoms with Gasteiger partial charge in [0.05, 0.1) is 0 Å². The van der Waals surface area contributed by atoms with E-state index in [1.165, 1.54) is 20.2 Å². The maximum atomic E-state index is 12.9. The summed E-state index contributed by atoms with van der Waals surface area (Å²) in [5.41, 5.74) is 5.50. The van der Waals surface area contributed by atoms with Gasteiger partial charge in [-0.2, -0.15) is 0 Å². The van der Waals surface area contributed by atoms with Crippen molar-refractivity contribution in [3.63, 3.8) is 0 Å². The molecule has 5 rings (SSSR count). The SMILES string of the molecule is Cc1cc(C)cc(NC(=O)Cn2nc3c(N4CCc5ccccc5C4)nccn3c2=O)c1. The Morgan fingerprint density at radius 2 is 1.84 bits per heavy atom. The predicted molar refractivity (Wildman–Crippen MR) is 123 cm³/mol. The third-order valence-corrected chi connectivity index (χ3v) is 5.71. The summed E-state index contributed by atoms with van der Waals surface area (Å²) >= 11 is 0. The van der Waals surface area contributed by atoms with E-state index in [0.717, 1.165) is 24.1 Å². The Kier molecular flexibility index (Phi) is 4.97. The van der Waals surface area contributed by atoms with Crippen LogP contribution in [0.5, 0.6) is 0 Å². The first kappa shape index (κ1) is 20.0. The third kappa shape index (κ3) is 3.75. The first-order chi connectivity index (χ1) is 15.5. The predicted octanol–water partition coefficient (Wildman–Crippen LogP) is 2.71. The van der Waals surface area contributed by atoms with Crippen LogP contribution in [0.4, 0.5) is 11.5 Å². The average molecular weight is 428 g/mol. The van der Waals surface area contributed by atoms with E-state index in [0.29, 0.717) is 23.7 Å². The van der Waals surface area contributed by atoms with Crippen molar-refractivity contribution in [2.24, 2.45) is 0 Å². The monoisotopic (exact) mass is 428 g/mol. The summed E-state index contributed by atoms with van der Waals surface area (Å²) in [6.45, 7) is 5.27. The molecule has 2 aromatic carbocycles. The zero-order valence-electron chi connectivity index (χ0n) is 18.1. The van der Waals surface area contributed by atoms with E-state index in [4.69, 9.17) is 0 Å². The minimum Gasteiger partial charge on any atom is -0.349 e. The van der Waals surface area contributed by atoms with Crippen LogP contribution in [0.25, 0.3) is 5.65 Å². The molecule has 0 radical (unpaired) electrons. The number of nitrogens with zero attached hydrogens (tertiary/aromatic N) is 5. The number of benzene rings is 2. The van der Waals surface area contributed by atoms with Gasteiger partial charge in [-0.05, 0) is 54.7 Å². The Hall–Kier alpha value is -3.94. The number of nitrogens with one attached hydrogen (secondary N) is 1. The van der Waals surface area contributed by atoms with Crippen LogP contribution in [0.1, 0.15) is 22.3 Å². The lowest BCUT2D eigenvalue weighted by molar-refractivity contribution is -0.117. The highest BCUT2D eigenvalue weighted by Gasteiger charge is 2.22. The van der Waals surface area contributed by atoms with Crippen molar-refractivity contribution in [3.05, 3.63) is 87.6 Å². The first-order valence-corrected chi connectivity index (χ1v) is 10.6. The van der Waals surface area contributed by atoms with E-state index in [1.54, 1.807) is 12.4 Å². The molecule has 1 N–H and O–H groups in total. The van der Waals surface area contributed by atoms with Crippen LogP contribution in [0.2, 0.25) is 0 Å². The van der Waals surface area contributed by atoms with Gasteiger partial charge in [0.15, 0.2) is 5.82 Å². The molecule has 0 unspecified atom stereocenters. The van der Waals surface area contributed by atoms with E-state index in [9.17, 15) is 9.59 Å². The van der Waals surface area contributed by atoms with E-state index in [-0.39, 0.29) is 18.1 Å². The van der Waals surface area contributed by atoms with E-state index in [2.05, 4.69) is 38.5 Å². The third-order valence-electron chi connectivity index (χ3n) is 5.71. The van der Waals surface area contributed by atoms with Gasteiger partial charge in [-0.3, -0.25) is 4.79 Å². The summed E-state index contributed by atoms with van der Waals surface area (Å²) < 4.78 is 2.64. The second-order valence-corrected chi connectivity index (χ2v) is 8.25. The zero-order chi connectivity index (χ0) is 22.2. The highest BCUT2D eigenvalue weighted by atomic mass is 16.2. The molecule has 162 valence electrons. The molecule has 0 spiro atoms. The summed E-state index contributed by atoms with van der Waals surface area (Å²) in [5, 5.41) is 7.32. The Labute approximate surface area is 185 Å². The standard InChI is InChI=1S/C24H24N6O2/c1-16-11-17(2)13-20(12-16)26-21(31)15-30-24(32)29-10-8-25-22(23(29)27-30)28-9-7-18-5-3-4-6-19(18)14-28/h3-6,8,10-13H,7,9,14-15H2,1-2H3,(H,26,31). The summed E-state index contributed by atoms with van der Waals surface area (Å²) in [6, 6.07) is 14.2. The van der Waals surface area contributed by atoms with E-state index < -0.39 is 0 Å². The molecule has 8 heteroatoms. The molecule has 3 heterocycles. The molecule has 2 aromatic heterocycles. The minimum atomic E-state index is -0.364. The van der Waals surface area contributed by atoms with Crippen LogP contribution in [0.3, 0.4) is 0 Å². The van der Waals surface area contributed by atoms with Crippen molar-refractivity contribution in [3.8, 4) is 0 Å². The lowest BCUT2D eigenvalue weighted by atomic mass is 10.00. The molecular weight excluding hydrogens is 404 g/mol. The maximum Gasteiger partial charge on any atom is 0.350 e. The molecule has 0 saturated carbocycles. The number of anilines is 2. The van der Waals surface area contributed by atoms with Gasteiger partial charge in [0.2, 0.25) is 11.6 Å². The lowest BCUT2D eigenvalue weighted by Crippen LogP contribution is -2.31. The number of fused-ring (bicyclic) bond motifs is 2. The maximum absolute atomic E-state index is 12.9. The normalized spacial score (nSPS) is 13.2. The summed E-state index contributed by atoms with van der Waals surface area (Å²) in [7, 11) is 0. The number of hydrogen-bond acceptors (Lipinski definition) is 5. The highest BCUT2D eigenvalue weighted by Crippen LogP contribution is 2.24. The second kappa shape index (κ2) is 7.96.